The van der Waals surface area contributed by atoms with Crippen molar-refractivity contribution in [2.75, 3.05) is 4.90 Å². The molecule has 25 heavy (non-hydrogen) atoms. The predicted octanol–water partition coefficient (Wildman–Crippen LogP) is 5.22. The molecule has 2 aromatic heterocycles. The molecule has 3 aromatic rings. The first-order valence-corrected chi connectivity index (χ1v) is 9.72. The van der Waals surface area contributed by atoms with E-state index >= 15 is 0 Å². The quantitative estimate of drug-likeness (QED) is 0.572. The van der Waals surface area contributed by atoms with Gasteiger partial charge in [0.25, 0.3) is 0 Å². The number of pyridine rings is 1. The summed E-state index contributed by atoms with van der Waals surface area (Å²) in [6, 6.07) is 14.2. The van der Waals surface area contributed by atoms with E-state index in [0.29, 0.717) is 10.8 Å². The third kappa shape index (κ3) is 3.07. The molecule has 3 nitrogen and oxygen atoms in total. The fraction of sp³-hybridized carbons (Fsp3) is 0.111. The van der Waals surface area contributed by atoms with E-state index in [-0.39, 0.29) is 17.9 Å². The molecule has 0 spiro atoms. The smallest absolute Gasteiger partial charge is 0.174 e. The minimum atomic E-state index is -0.297. The summed E-state index contributed by atoms with van der Waals surface area (Å²) in [5, 5.41) is 5.84. The van der Waals surface area contributed by atoms with Crippen LogP contribution in [0.15, 0.2) is 64.6 Å². The normalized spacial score (nSPS) is 19.9. The molecule has 0 bridgehead atoms. The van der Waals surface area contributed by atoms with Crippen LogP contribution in [-0.2, 0) is 0 Å². The molecule has 7 heteroatoms. The van der Waals surface area contributed by atoms with Crippen LogP contribution in [0.4, 0.5) is 10.1 Å². The first-order valence-electron chi connectivity index (χ1n) is 7.64. The predicted molar refractivity (Wildman–Crippen MR) is 106 cm³/mol. The highest BCUT2D eigenvalue weighted by atomic mass is 79.9. The Morgan fingerprint density at radius 2 is 2.00 bits per heavy atom. The first kappa shape index (κ1) is 16.6. The molecule has 1 fully saturated rings. The second kappa shape index (κ2) is 6.82. The van der Waals surface area contributed by atoms with E-state index < -0.39 is 0 Å². The highest BCUT2D eigenvalue weighted by molar-refractivity contribution is 9.10. The van der Waals surface area contributed by atoms with Crippen LogP contribution < -0.4 is 10.2 Å². The van der Waals surface area contributed by atoms with Crippen molar-refractivity contribution in [3.05, 3.63) is 81.0 Å². The molecule has 3 heterocycles. The fourth-order valence-corrected chi connectivity index (χ4v) is 4.94. The van der Waals surface area contributed by atoms with Gasteiger partial charge in [-0.2, -0.15) is 0 Å². The van der Waals surface area contributed by atoms with Crippen LogP contribution in [0.25, 0.3) is 0 Å². The van der Waals surface area contributed by atoms with E-state index in [1.54, 1.807) is 29.7 Å². The van der Waals surface area contributed by atoms with E-state index in [1.807, 2.05) is 34.5 Å². The van der Waals surface area contributed by atoms with Crippen LogP contribution in [0, 0.1) is 5.82 Å². The number of thiocarbonyl (C=S) groups is 1. The molecule has 1 aliphatic rings. The largest absolute Gasteiger partial charge is 0.351 e. The number of nitrogens with one attached hydrogen (secondary N) is 1. The minimum absolute atomic E-state index is 0.154. The highest BCUT2D eigenvalue weighted by Gasteiger charge is 2.42. The Morgan fingerprint density at radius 1 is 1.20 bits per heavy atom. The molecule has 0 radical (unpaired) electrons. The molecule has 126 valence electrons. The maximum absolute atomic E-state index is 14.5. The van der Waals surface area contributed by atoms with E-state index in [1.165, 1.54) is 6.07 Å². The van der Waals surface area contributed by atoms with E-state index in [4.69, 9.17) is 12.2 Å². The third-order valence-corrected chi connectivity index (χ3v) is 6.17. The van der Waals surface area contributed by atoms with Crippen LogP contribution >= 0.6 is 39.5 Å². The number of benzene rings is 1. The van der Waals surface area contributed by atoms with Crippen LogP contribution in [0.3, 0.4) is 0 Å². The molecule has 4 rings (SSSR count). The number of nitrogens with zero attached hydrogens (tertiary/aromatic N) is 2. The Kier molecular flexibility index (Phi) is 4.54. The molecule has 1 aromatic carbocycles. The van der Waals surface area contributed by atoms with Crippen molar-refractivity contribution in [1.29, 1.82) is 0 Å². The molecular formula is C18H13BrFN3S2. The van der Waals surface area contributed by atoms with Crippen molar-refractivity contribution in [3.8, 4) is 0 Å². The maximum atomic E-state index is 14.5. The number of rotatable bonds is 3. The van der Waals surface area contributed by atoms with Crippen molar-refractivity contribution in [1.82, 2.24) is 10.3 Å². The van der Waals surface area contributed by atoms with E-state index in [0.717, 1.165) is 15.0 Å². The number of thiophene rings is 1. The van der Waals surface area contributed by atoms with Gasteiger partial charge in [0.1, 0.15) is 5.82 Å². The van der Waals surface area contributed by atoms with E-state index in [2.05, 4.69) is 32.3 Å². The Morgan fingerprint density at radius 3 is 2.68 bits per heavy atom. The van der Waals surface area contributed by atoms with Crippen LogP contribution in [0.5, 0.6) is 0 Å². The molecule has 0 unspecified atom stereocenters. The second-order valence-corrected chi connectivity index (χ2v) is 7.86. The zero-order valence-electron chi connectivity index (χ0n) is 12.9. The Balaban J connectivity index is 1.85. The SMILES string of the molecule is Fc1ccccc1N1C(=S)N[C@@H](c2ccccn2)[C@H]1c1cc(Br)cs1. The van der Waals surface area contributed by atoms with Crippen molar-refractivity contribution < 1.29 is 4.39 Å². The summed E-state index contributed by atoms with van der Waals surface area (Å²) in [6.07, 6.45) is 1.76. The number of halogens is 2. The second-order valence-electron chi connectivity index (χ2n) is 5.62. The van der Waals surface area contributed by atoms with Gasteiger partial charge in [-0.05, 0) is 58.5 Å². The van der Waals surface area contributed by atoms with Gasteiger partial charge in [-0.1, -0.05) is 18.2 Å². The lowest BCUT2D eigenvalue weighted by atomic mass is 10.0. The summed E-state index contributed by atoms with van der Waals surface area (Å²) in [7, 11) is 0. The molecule has 0 saturated carbocycles. The lowest BCUT2D eigenvalue weighted by molar-refractivity contribution is 0.564. The van der Waals surface area contributed by atoms with Crippen molar-refractivity contribution >= 4 is 50.3 Å². The third-order valence-electron chi connectivity index (χ3n) is 4.09. The zero-order valence-corrected chi connectivity index (χ0v) is 16.1. The monoisotopic (exact) mass is 433 g/mol. The van der Waals surface area contributed by atoms with Gasteiger partial charge in [-0.3, -0.25) is 4.98 Å². The number of aromatic nitrogens is 1. The van der Waals surface area contributed by atoms with Gasteiger partial charge in [-0.25, -0.2) is 4.39 Å². The number of hydrogen-bond acceptors (Lipinski definition) is 3. The zero-order chi connectivity index (χ0) is 17.4. The molecular weight excluding hydrogens is 421 g/mol. The fourth-order valence-electron chi connectivity index (χ4n) is 3.03. The summed E-state index contributed by atoms with van der Waals surface area (Å²) in [4.78, 5) is 7.41. The summed E-state index contributed by atoms with van der Waals surface area (Å²) < 4.78 is 15.5. The van der Waals surface area contributed by atoms with Gasteiger partial charge in [0, 0.05) is 20.9 Å². The maximum Gasteiger partial charge on any atom is 0.174 e. The molecule has 1 aliphatic heterocycles. The summed E-state index contributed by atoms with van der Waals surface area (Å²) in [5.41, 5.74) is 1.34. The van der Waals surface area contributed by atoms with Gasteiger partial charge in [0.05, 0.1) is 23.5 Å². The lowest BCUT2D eigenvalue weighted by Gasteiger charge is -2.27. The van der Waals surface area contributed by atoms with Crippen LogP contribution in [0.2, 0.25) is 0 Å². The van der Waals surface area contributed by atoms with Gasteiger partial charge >= 0.3 is 0 Å². The average Bonchev–Trinajstić information content (AvgIpc) is 3.19. The van der Waals surface area contributed by atoms with Gasteiger partial charge < -0.3 is 10.2 Å². The number of hydrogen-bond donors (Lipinski definition) is 1. The van der Waals surface area contributed by atoms with Gasteiger partial charge in [0.2, 0.25) is 0 Å². The van der Waals surface area contributed by atoms with E-state index in [9.17, 15) is 4.39 Å². The van der Waals surface area contributed by atoms with Crippen molar-refractivity contribution in [2.24, 2.45) is 0 Å². The van der Waals surface area contributed by atoms with Crippen molar-refractivity contribution in [2.45, 2.75) is 12.1 Å². The summed E-state index contributed by atoms with van der Waals surface area (Å²) in [6.45, 7) is 0. The Labute approximate surface area is 162 Å². The number of anilines is 1. The van der Waals surface area contributed by atoms with Gasteiger partial charge in [0.15, 0.2) is 5.11 Å². The first-order chi connectivity index (χ1) is 12.1. The molecule has 1 N–H and O–H groups in total. The number of para-hydroxylation sites is 1. The minimum Gasteiger partial charge on any atom is -0.351 e. The Hall–Kier alpha value is -1.83. The standard InChI is InChI=1S/C18H13BrFN3S2/c19-11-9-15(25-10-11)17-16(13-6-3-4-8-21-13)22-18(24)23(17)14-7-2-1-5-12(14)20/h1-10,16-17H,(H,22,24)/t16-,17+/m0/s1. The molecule has 1 saturated heterocycles. The van der Waals surface area contributed by atoms with Crippen molar-refractivity contribution in [3.63, 3.8) is 0 Å². The lowest BCUT2D eigenvalue weighted by Crippen LogP contribution is -2.29. The van der Waals surface area contributed by atoms with Crippen LogP contribution in [-0.4, -0.2) is 10.1 Å². The Bertz CT molecular complexity index is 915. The van der Waals surface area contributed by atoms with Crippen LogP contribution in [0.1, 0.15) is 22.7 Å². The summed E-state index contributed by atoms with van der Waals surface area (Å²) in [5.74, 6) is -0.297. The molecule has 0 amide bonds. The molecule has 0 aliphatic carbocycles. The average molecular weight is 434 g/mol. The summed E-state index contributed by atoms with van der Waals surface area (Å²) >= 11 is 10.7. The highest BCUT2D eigenvalue weighted by Crippen LogP contribution is 2.44. The van der Waals surface area contributed by atoms with Gasteiger partial charge in [-0.15, -0.1) is 11.3 Å². The topological polar surface area (TPSA) is 28.2 Å². The molecule has 2 atom stereocenters.